The van der Waals surface area contributed by atoms with Crippen LogP contribution in [0.5, 0.6) is 5.75 Å². The van der Waals surface area contributed by atoms with E-state index in [2.05, 4.69) is 6.08 Å². The van der Waals surface area contributed by atoms with E-state index < -0.39 is 0 Å². The van der Waals surface area contributed by atoms with Crippen LogP contribution < -0.4 is 15.2 Å². The van der Waals surface area contributed by atoms with E-state index in [0.29, 0.717) is 0 Å². The molecule has 2 heteroatoms. The predicted octanol–water partition coefficient (Wildman–Crippen LogP) is 0.333. The Morgan fingerprint density at radius 2 is 2.00 bits per heavy atom. The van der Waals surface area contributed by atoms with Gasteiger partial charge in [-0.1, -0.05) is 0 Å². The van der Waals surface area contributed by atoms with E-state index in [-0.39, 0.29) is 5.78 Å². The fourth-order valence-electron chi connectivity index (χ4n) is 1.87. The molecule has 1 aliphatic rings. The van der Waals surface area contributed by atoms with Crippen molar-refractivity contribution >= 4 is 17.9 Å². The Bertz CT molecular complexity index is 524. The van der Waals surface area contributed by atoms with Crippen LogP contribution >= 0.6 is 0 Å². The predicted molar refractivity (Wildman–Crippen MR) is 54.6 cm³/mol. The van der Waals surface area contributed by atoms with Gasteiger partial charge in [0.25, 0.3) is 0 Å². The molecular weight excluding hydrogens is 176 g/mol. The molecule has 0 N–H and O–H groups in total. The molecule has 0 fully saturated rings. The first-order valence-corrected chi connectivity index (χ1v) is 4.47. The summed E-state index contributed by atoms with van der Waals surface area (Å²) in [5.74, 6) is 0.705. The van der Waals surface area contributed by atoms with Crippen molar-refractivity contribution in [3.63, 3.8) is 0 Å². The van der Waals surface area contributed by atoms with Crippen molar-refractivity contribution in [2.45, 2.75) is 13.8 Å². The van der Waals surface area contributed by atoms with Crippen molar-refractivity contribution in [3.8, 4) is 5.75 Å². The SMILES string of the molecule is COc1c(C)cc(C)c2c1=CC(=O)[C+]=2. The number of rotatable bonds is 1. The van der Waals surface area contributed by atoms with Crippen molar-refractivity contribution in [2.24, 2.45) is 0 Å². The maximum atomic E-state index is 11.2. The van der Waals surface area contributed by atoms with Gasteiger partial charge in [0.15, 0.2) is 16.2 Å². The maximum absolute atomic E-state index is 11.2. The fourth-order valence-corrected chi connectivity index (χ4v) is 1.87. The van der Waals surface area contributed by atoms with E-state index in [1.54, 1.807) is 13.2 Å². The Balaban J connectivity index is 2.95. The highest BCUT2D eigenvalue weighted by atomic mass is 16.5. The molecule has 0 radical (unpaired) electrons. The molecule has 0 saturated heterocycles. The number of hydrogen-bond donors (Lipinski definition) is 0. The number of aryl methyl sites for hydroxylation is 2. The van der Waals surface area contributed by atoms with E-state index in [0.717, 1.165) is 27.3 Å². The van der Waals surface area contributed by atoms with E-state index in [1.807, 2.05) is 19.9 Å². The zero-order valence-corrected chi connectivity index (χ0v) is 8.47. The molecule has 1 aliphatic carbocycles. The lowest BCUT2D eigenvalue weighted by Gasteiger charge is -2.00. The normalized spacial score (nSPS) is 12.6. The number of ketones is 1. The highest BCUT2D eigenvalue weighted by Crippen LogP contribution is 2.11. The van der Waals surface area contributed by atoms with Gasteiger partial charge in [0.05, 0.1) is 13.2 Å². The van der Waals surface area contributed by atoms with Gasteiger partial charge in [0, 0.05) is 11.1 Å². The summed E-state index contributed by atoms with van der Waals surface area (Å²) in [4.78, 5) is 11.2. The molecule has 0 bridgehead atoms. The third-order valence-corrected chi connectivity index (χ3v) is 2.43. The summed E-state index contributed by atoms with van der Waals surface area (Å²) in [5, 5.41) is 1.74. The molecule has 0 heterocycles. The van der Waals surface area contributed by atoms with Gasteiger partial charge in [-0.2, -0.15) is 0 Å². The van der Waals surface area contributed by atoms with Crippen LogP contribution in [0.1, 0.15) is 11.1 Å². The van der Waals surface area contributed by atoms with Crippen LogP contribution in [0.25, 0.3) is 12.2 Å². The molecule has 14 heavy (non-hydrogen) atoms. The Morgan fingerprint density at radius 3 is 2.64 bits per heavy atom. The molecule has 1 aromatic carbocycles. The second kappa shape index (κ2) is 2.93. The Kier molecular flexibility index (Phi) is 1.87. The zero-order valence-electron chi connectivity index (χ0n) is 8.47. The number of fused-ring (bicyclic) bond motifs is 1. The Labute approximate surface area is 82.5 Å². The first-order chi connectivity index (χ1) is 6.63. The minimum Gasteiger partial charge on any atom is -0.486 e. The van der Waals surface area contributed by atoms with Gasteiger partial charge >= 0.3 is 5.78 Å². The second-order valence-corrected chi connectivity index (χ2v) is 3.47. The fraction of sp³-hybridized carbons (Fsp3) is 0.250. The van der Waals surface area contributed by atoms with Crippen LogP contribution in [0, 0.1) is 13.8 Å². The monoisotopic (exact) mass is 187 g/mol. The van der Waals surface area contributed by atoms with E-state index in [9.17, 15) is 4.79 Å². The molecule has 0 aromatic heterocycles. The summed E-state index contributed by atoms with van der Waals surface area (Å²) in [6, 6.07) is 2.01. The van der Waals surface area contributed by atoms with Gasteiger partial charge in [-0.3, -0.25) is 4.79 Å². The summed E-state index contributed by atoms with van der Waals surface area (Å²) < 4.78 is 5.27. The number of hydrogen-bond acceptors (Lipinski definition) is 2. The molecular formula is C12H11O2+. The molecule has 0 saturated carbocycles. The lowest BCUT2D eigenvalue weighted by molar-refractivity contribution is -0.107. The number of carbonyl (C=O) groups is 1. The second-order valence-electron chi connectivity index (χ2n) is 3.47. The number of methoxy groups -OCH3 is 1. The summed E-state index contributed by atoms with van der Waals surface area (Å²) in [7, 11) is 1.62. The Morgan fingerprint density at radius 1 is 1.29 bits per heavy atom. The van der Waals surface area contributed by atoms with Crippen LogP contribution in [-0.4, -0.2) is 12.9 Å². The summed E-state index contributed by atoms with van der Waals surface area (Å²) in [6.07, 6.45) is 4.37. The number of Topliss-reactive ketones (excluding diaryl/α,β-unsaturated/α-hetero) is 1. The lowest BCUT2D eigenvalue weighted by Crippen LogP contribution is -2.26. The highest BCUT2D eigenvalue weighted by molar-refractivity contribution is 6.26. The summed E-state index contributed by atoms with van der Waals surface area (Å²) in [6.45, 7) is 3.95. The molecule has 70 valence electrons. The zero-order chi connectivity index (χ0) is 10.3. The van der Waals surface area contributed by atoms with Crippen LogP contribution in [0.2, 0.25) is 0 Å². The van der Waals surface area contributed by atoms with Crippen LogP contribution in [-0.2, 0) is 4.79 Å². The highest BCUT2D eigenvalue weighted by Gasteiger charge is 2.20. The lowest BCUT2D eigenvalue weighted by atomic mass is 10.1. The molecule has 0 aliphatic heterocycles. The topological polar surface area (TPSA) is 26.3 Å². The van der Waals surface area contributed by atoms with Gasteiger partial charge in [0.1, 0.15) is 6.08 Å². The van der Waals surface area contributed by atoms with Crippen LogP contribution in [0.15, 0.2) is 6.07 Å². The first-order valence-electron chi connectivity index (χ1n) is 4.47. The standard InChI is InChI=1S/C12H11O2/c1-7-4-8(2)12(14-3)11-6-9(13)5-10(7)11/h4,6H,1-3H3/q+1. The molecule has 1 aromatic rings. The van der Waals surface area contributed by atoms with Crippen molar-refractivity contribution < 1.29 is 9.53 Å². The van der Waals surface area contributed by atoms with Crippen molar-refractivity contribution in [3.05, 3.63) is 27.6 Å². The first kappa shape index (κ1) is 8.92. The van der Waals surface area contributed by atoms with Crippen LogP contribution in [0.4, 0.5) is 0 Å². The van der Waals surface area contributed by atoms with Gasteiger partial charge in [0.2, 0.25) is 0 Å². The average Bonchev–Trinajstić information content (AvgIpc) is 2.48. The number of carbonyl (C=O) groups excluding carboxylic acids is 1. The molecule has 2 nitrogen and oxygen atoms in total. The molecule has 0 atom stereocenters. The minimum atomic E-state index is -0.0769. The van der Waals surface area contributed by atoms with E-state index >= 15 is 0 Å². The smallest absolute Gasteiger partial charge is 0.321 e. The third-order valence-electron chi connectivity index (χ3n) is 2.43. The minimum absolute atomic E-state index is 0.0769. The maximum Gasteiger partial charge on any atom is 0.321 e. The van der Waals surface area contributed by atoms with Gasteiger partial charge in [-0.05, 0) is 19.9 Å². The third kappa shape index (κ3) is 1.12. The van der Waals surface area contributed by atoms with Gasteiger partial charge in [-0.15, -0.1) is 0 Å². The molecule has 2 rings (SSSR count). The number of benzene rings is 1. The van der Waals surface area contributed by atoms with Gasteiger partial charge in [-0.25, -0.2) is 0 Å². The largest absolute Gasteiger partial charge is 0.486 e. The molecule has 0 amide bonds. The van der Waals surface area contributed by atoms with E-state index in [4.69, 9.17) is 4.74 Å². The van der Waals surface area contributed by atoms with Crippen LogP contribution in [0.3, 0.4) is 0 Å². The molecule has 0 spiro atoms. The van der Waals surface area contributed by atoms with Crippen molar-refractivity contribution in [1.29, 1.82) is 0 Å². The molecule has 0 unspecified atom stereocenters. The van der Waals surface area contributed by atoms with E-state index in [1.165, 1.54) is 0 Å². The Hall–Kier alpha value is -1.66. The quantitative estimate of drug-likeness (QED) is 0.592. The van der Waals surface area contributed by atoms with Crippen molar-refractivity contribution in [2.75, 3.05) is 7.11 Å². The summed E-state index contributed by atoms with van der Waals surface area (Å²) >= 11 is 0. The number of ether oxygens (including phenoxy) is 1. The average molecular weight is 187 g/mol. The van der Waals surface area contributed by atoms with Crippen molar-refractivity contribution in [1.82, 2.24) is 0 Å². The summed E-state index contributed by atoms with van der Waals surface area (Å²) in [5.41, 5.74) is 2.12. The van der Waals surface area contributed by atoms with Gasteiger partial charge < -0.3 is 4.74 Å².